The van der Waals surface area contributed by atoms with Gasteiger partial charge in [-0.25, -0.2) is 0 Å². The lowest BCUT2D eigenvalue weighted by Crippen LogP contribution is -2.33. The highest BCUT2D eigenvalue weighted by atomic mass is 35.5. The van der Waals surface area contributed by atoms with Crippen LogP contribution in [0.25, 0.3) is 0 Å². The zero-order chi connectivity index (χ0) is 12.8. The fourth-order valence-corrected chi connectivity index (χ4v) is 1.77. The van der Waals surface area contributed by atoms with Gasteiger partial charge in [0.2, 0.25) is 0 Å². The predicted octanol–water partition coefficient (Wildman–Crippen LogP) is 2.78. The monoisotopic (exact) mass is 256 g/mol. The molecule has 0 amide bonds. The van der Waals surface area contributed by atoms with E-state index in [1.807, 2.05) is 18.2 Å². The Hall–Kier alpha value is -0.770. The summed E-state index contributed by atoms with van der Waals surface area (Å²) in [5, 5.41) is 0.613. The standard InChI is InChI=1S/C13H21ClN2O/c1-10(2)16(6-7-17-3)9-11-4-5-12(14)13(15)8-11/h4-5,8,10H,6-7,9,15H2,1-3H3. The van der Waals surface area contributed by atoms with Gasteiger partial charge >= 0.3 is 0 Å². The molecule has 0 fully saturated rings. The van der Waals surface area contributed by atoms with Gasteiger partial charge in [-0.1, -0.05) is 17.7 Å². The number of methoxy groups -OCH3 is 1. The van der Waals surface area contributed by atoms with Crippen molar-refractivity contribution in [3.63, 3.8) is 0 Å². The zero-order valence-electron chi connectivity index (χ0n) is 10.7. The van der Waals surface area contributed by atoms with Crippen molar-refractivity contribution < 1.29 is 4.74 Å². The topological polar surface area (TPSA) is 38.5 Å². The Morgan fingerprint density at radius 2 is 2.12 bits per heavy atom. The largest absolute Gasteiger partial charge is 0.398 e. The summed E-state index contributed by atoms with van der Waals surface area (Å²) in [7, 11) is 1.72. The highest BCUT2D eigenvalue weighted by Crippen LogP contribution is 2.20. The number of benzene rings is 1. The lowest BCUT2D eigenvalue weighted by atomic mass is 10.1. The Morgan fingerprint density at radius 1 is 1.41 bits per heavy atom. The third-order valence-electron chi connectivity index (χ3n) is 2.76. The van der Waals surface area contributed by atoms with E-state index in [0.29, 0.717) is 16.8 Å². The van der Waals surface area contributed by atoms with Crippen LogP contribution in [0.5, 0.6) is 0 Å². The molecule has 0 heterocycles. The summed E-state index contributed by atoms with van der Waals surface area (Å²) in [5.74, 6) is 0. The fraction of sp³-hybridized carbons (Fsp3) is 0.538. The van der Waals surface area contributed by atoms with Gasteiger partial charge < -0.3 is 10.5 Å². The van der Waals surface area contributed by atoms with Crippen molar-refractivity contribution in [1.29, 1.82) is 0 Å². The van der Waals surface area contributed by atoms with E-state index in [2.05, 4.69) is 18.7 Å². The molecule has 0 saturated heterocycles. The minimum absolute atomic E-state index is 0.474. The SMILES string of the molecule is COCCN(Cc1ccc(Cl)c(N)c1)C(C)C. The maximum Gasteiger partial charge on any atom is 0.0635 e. The van der Waals surface area contributed by atoms with E-state index in [-0.39, 0.29) is 0 Å². The molecule has 0 aliphatic carbocycles. The molecule has 0 unspecified atom stereocenters. The van der Waals surface area contributed by atoms with Crippen LogP contribution in [0.4, 0.5) is 5.69 Å². The first kappa shape index (κ1) is 14.3. The molecule has 1 aromatic carbocycles. The number of nitrogens with zero attached hydrogens (tertiary/aromatic N) is 1. The summed E-state index contributed by atoms with van der Waals surface area (Å²) < 4.78 is 5.12. The highest BCUT2D eigenvalue weighted by Gasteiger charge is 2.10. The number of nitrogen functional groups attached to an aromatic ring is 1. The zero-order valence-corrected chi connectivity index (χ0v) is 11.5. The second-order valence-corrected chi connectivity index (χ2v) is 4.82. The quantitative estimate of drug-likeness (QED) is 0.796. The first-order valence-electron chi connectivity index (χ1n) is 5.81. The van der Waals surface area contributed by atoms with E-state index < -0.39 is 0 Å². The molecule has 0 saturated carbocycles. The third kappa shape index (κ3) is 4.54. The Bertz CT molecular complexity index is 355. The second kappa shape index (κ2) is 6.84. The third-order valence-corrected chi connectivity index (χ3v) is 3.10. The van der Waals surface area contributed by atoms with E-state index in [1.54, 1.807) is 7.11 Å². The number of nitrogens with two attached hydrogens (primary N) is 1. The molecule has 96 valence electrons. The van der Waals surface area contributed by atoms with Crippen molar-refractivity contribution in [3.8, 4) is 0 Å². The lowest BCUT2D eigenvalue weighted by molar-refractivity contribution is 0.125. The van der Waals surface area contributed by atoms with Gasteiger partial charge in [0.15, 0.2) is 0 Å². The normalized spacial score (nSPS) is 11.4. The van der Waals surface area contributed by atoms with Crippen LogP contribution in [-0.2, 0) is 11.3 Å². The number of ether oxygens (including phenoxy) is 1. The van der Waals surface area contributed by atoms with E-state index in [4.69, 9.17) is 22.1 Å². The first-order chi connectivity index (χ1) is 8.04. The van der Waals surface area contributed by atoms with Gasteiger partial charge in [0.1, 0.15) is 0 Å². The van der Waals surface area contributed by atoms with Crippen LogP contribution < -0.4 is 5.73 Å². The van der Waals surface area contributed by atoms with E-state index >= 15 is 0 Å². The molecule has 0 aromatic heterocycles. The molecule has 0 spiro atoms. The van der Waals surface area contributed by atoms with Crippen LogP contribution in [0, 0.1) is 0 Å². The Kier molecular flexibility index (Phi) is 5.75. The van der Waals surface area contributed by atoms with Crippen molar-refractivity contribution in [2.75, 3.05) is 26.0 Å². The van der Waals surface area contributed by atoms with Gasteiger partial charge in [-0.2, -0.15) is 0 Å². The average molecular weight is 257 g/mol. The van der Waals surface area contributed by atoms with Crippen LogP contribution >= 0.6 is 11.6 Å². The van der Waals surface area contributed by atoms with Crippen LogP contribution in [0.1, 0.15) is 19.4 Å². The van der Waals surface area contributed by atoms with Gasteiger partial charge in [0, 0.05) is 26.2 Å². The molecular formula is C13H21ClN2O. The number of halogens is 1. The second-order valence-electron chi connectivity index (χ2n) is 4.41. The Balaban J connectivity index is 2.68. The van der Waals surface area contributed by atoms with E-state index in [9.17, 15) is 0 Å². The summed E-state index contributed by atoms with van der Waals surface area (Å²) in [6.07, 6.45) is 0. The molecule has 3 nitrogen and oxygen atoms in total. The lowest BCUT2D eigenvalue weighted by Gasteiger charge is -2.26. The molecule has 2 N–H and O–H groups in total. The Morgan fingerprint density at radius 3 is 2.65 bits per heavy atom. The van der Waals surface area contributed by atoms with Gasteiger partial charge in [-0.15, -0.1) is 0 Å². The van der Waals surface area contributed by atoms with Crippen molar-refractivity contribution in [2.24, 2.45) is 0 Å². The number of hydrogen-bond donors (Lipinski definition) is 1. The first-order valence-corrected chi connectivity index (χ1v) is 6.19. The van der Waals surface area contributed by atoms with Gasteiger partial charge in [-0.3, -0.25) is 4.90 Å². The predicted molar refractivity (Wildman–Crippen MR) is 73.3 cm³/mol. The summed E-state index contributed by atoms with van der Waals surface area (Å²) >= 11 is 5.90. The number of hydrogen-bond acceptors (Lipinski definition) is 3. The maximum atomic E-state index is 5.90. The van der Waals surface area contributed by atoms with E-state index in [0.717, 1.165) is 19.7 Å². The van der Waals surface area contributed by atoms with Crippen molar-refractivity contribution >= 4 is 17.3 Å². The molecule has 4 heteroatoms. The summed E-state index contributed by atoms with van der Waals surface area (Å²) in [6.45, 7) is 6.87. The molecule has 17 heavy (non-hydrogen) atoms. The van der Waals surface area contributed by atoms with Crippen LogP contribution in [0.3, 0.4) is 0 Å². The van der Waals surface area contributed by atoms with Crippen LogP contribution in [-0.4, -0.2) is 31.2 Å². The molecule has 1 rings (SSSR count). The molecule has 0 atom stereocenters. The van der Waals surface area contributed by atoms with E-state index in [1.165, 1.54) is 5.56 Å². The van der Waals surface area contributed by atoms with Crippen LogP contribution in [0.2, 0.25) is 5.02 Å². The van der Waals surface area contributed by atoms with Gasteiger partial charge in [-0.05, 0) is 31.5 Å². The summed E-state index contributed by atoms with van der Waals surface area (Å²) in [5.41, 5.74) is 7.61. The molecule has 1 aromatic rings. The van der Waals surface area contributed by atoms with Crippen molar-refractivity contribution in [3.05, 3.63) is 28.8 Å². The smallest absolute Gasteiger partial charge is 0.0635 e. The molecular weight excluding hydrogens is 236 g/mol. The molecule has 0 bridgehead atoms. The number of anilines is 1. The molecule has 0 aliphatic heterocycles. The minimum Gasteiger partial charge on any atom is -0.398 e. The number of rotatable bonds is 6. The average Bonchev–Trinajstić information content (AvgIpc) is 2.28. The van der Waals surface area contributed by atoms with Crippen molar-refractivity contribution in [1.82, 2.24) is 4.90 Å². The highest BCUT2D eigenvalue weighted by molar-refractivity contribution is 6.33. The summed E-state index contributed by atoms with van der Waals surface area (Å²) in [4.78, 5) is 2.34. The Labute approximate surface area is 109 Å². The fourth-order valence-electron chi connectivity index (χ4n) is 1.65. The molecule has 0 aliphatic rings. The minimum atomic E-state index is 0.474. The van der Waals surface area contributed by atoms with Crippen molar-refractivity contribution in [2.45, 2.75) is 26.4 Å². The maximum absolute atomic E-state index is 5.90. The van der Waals surface area contributed by atoms with Gasteiger partial charge in [0.25, 0.3) is 0 Å². The van der Waals surface area contributed by atoms with Crippen LogP contribution in [0.15, 0.2) is 18.2 Å². The summed E-state index contributed by atoms with van der Waals surface area (Å²) in [6, 6.07) is 6.27. The molecule has 0 radical (unpaired) electrons. The van der Waals surface area contributed by atoms with Gasteiger partial charge in [0.05, 0.1) is 17.3 Å².